The summed E-state index contributed by atoms with van der Waals surface area (Å²) in [5.74, 6) is 0.449. The summed E-state index contributed by atoms with van der Waals surface area (Å²) < 4.78 is 23.8. The average molecular weight is 359 g/mol. The molecule has 0 spiro atoms. The number of benzene rings is 1. The standard InChI is InChI=1S/C19H22FN3O3/c1-12-11-26-19-16(21-12)10-14(9-13-3-5-15(20)6-4-13)18(23-19)22-17(24)7-8-25-2/h3-6,10,12,21H,7-9,11H2,1-2H3,(H,22,23,24). The van der Waals surface area contributed by atoms with Gasteiger partial charge in [0.2, 0.25) is 11.8 Å². The molecule has 3 rings (SSSR count). The third kappa shape index (κ3) is 4.49. The van der Waals surface area contributed by atoms with Crippen LogP contribution in [0, 0.1) is 5.82 Å². The molecule has 0 saturated carbocycles. The number of amides is 1. The molecular formula is C19H22FN3O3. The third-order valence-electron chi connectivity index (χ3n) is 4.04. The predicted molar refractivity (Wildman–Crippen MR) is 97.1 cm³/mol. The fourth-order valence-electron chi connectivity index (χ4n) is 2.72. The minimum absolute atomic E-state index is 0.171. The van der Waals surface area contributed by atoms with Gasteiger partial charge in [0.15, 0.2) is 0 Å². The number of methoxy groups -OCH3 is 1. The molecule has 1 aliphatic heterocycles. The van der Waals surface area contributed by atoms with Crippen molar-refractivity contribution in [2.75, 3.05) is 31.0 Å². The molecule has 1 aliphatic rings. The van der Waals surface area contributed by atoms with Crippen LogP contribution < -0.4 is 15.4 Å². The van der Waals surface area contributed by atoms with Crippen molar-refractivity contribution in [3.63, 3.8) is 0 Å². The highest BCUT2D eigenvalue weighted by Crippen LogP contribution is 2.32. The van der Waals surface area contributed by atoms with Crippen LogP contribution in [0.4, 0.5) is 15.9 Å². The smallest absolute Gasteiger partial charge is 0.239 e. The van der Waals surface area contributed by atoms with Gasteiger partial charge in [-0.3, -0.25) is 4.79 Å². The molecule has 26 heavy (non-hydrogen) atoms. The number of hydrogen-bond donors (Lipinski definition) is 2. The number of carbonyl (C=O) groups is 1. The van der Waals surface area contributed by atoms with E-state index in [2.05, 4.69) is 15.6 Å². The van der Waals surface area contributed by atoms with Crippen LogP contribution in [0.2, 0.25) is 0 Å². The molecule has 0 fully saturated rings. The van der Waals surface area contributed by atoms with E-state index < -0.39 is 0 Å². The Hall–Kier alpha value is -2.67. The van der Waals surface area contributed by atoms with Gasteiger partial charge < -0.3 is 20.1 Å². The highest BCUT2D eigenvalue weighted by atomic mass is 19.1. The normalized spacial score (nSPS) is 15.6. The Morgan fingerprint density at radius 1 is 1.42 bits per heavy atom. The number of ether oxygens (including phenoxy) is 2. The van der Waals surface area contributed by atoms with Crippen molar-refractivity contribution in [2.24, 2.45) is 0 Å². The first-order valence-corrected chi connectivity index (χ1v) is 8.51. The first-order chi connectivity index (χ1) is 12.5. The summed E-state index contributed by atoms with van der Waals surface area (Å²) in [6.07, 6.45) is 0.748. The summed E-state index contributed by atoms with van der Waals surface area (Å²) in [6.45, 7) is 2.86. The largest absolute Gasteiger partial charge is 0.474 e. The maximum Gasteiger partial charge on any atom is 0.239 e. The second-order valence-corrected chi connectivity index (χ2v) is 6.30. The van der Waals surface area contributed by atoms with Gasteiger partial charge in [-0.2, -0.15) is 4.98 Å². The van der Waals surface area contributed by atoms with E-state index in [0.29, 0.717) is 31.3 Å². The number of fused-ring (bicyclic) bond motifs is 1. The molecule has 138 valence electrons. The fraction of sp³-hybridized carbons (Fsp3) is 0.368. The van der Waals surface area contributed by atoms with Crippen LogP contribution in [0.25, 0.3) is 0 Å². The van der Waals surface area contributed by atoms with Crippen LogP contribution in [0.3, 0.4) is 0 Å². The van der Waals surface area contributed by atoms with Crippen LogP contribution >= 0.6 is 0 Å². The van der Waals surface area contributed by atoms with Gasteiger partial charge in [-0.05, 0) is 30.7 Å². The van der Waals surface area contributed by atoms with Gasteiger partial charge in [0.25, 0.3) is 0 Å². The van der Waals surface area contributed by atoms with E-state index in [-0.39, 0.29) is 24.2 Å². The minimum Gasteiger partial charge on any atom is -0.474 e. The van der Waals surface area contributed by atoms with Gasteiger partial charge >= 0.3 is 0 Å². The molecule has 1 aromatic carbocycles. The molecule has 0 saturated heterocycles. The second-order valence-electron chi connectivity index (χ2n) is 6.30. The average Bonchev–Trinajstić information content (AvgIpc) is 2.62. The Morgan fingerprint density at radius 3 is 2.92 bits per heavy atom. The number of pyridine rings is 1. The van der Waals surface area contributed by atoms with E-state index in [0.717, 1.165) is 16.8 Å². The summed E-state index contributed by atoms with van der Waals surface area (Å²) in [5.41, 5.74) is 2.53. The highest BCUT2D eigenvalue weighted by molar-refractivity contribution is 5.91. The van der Waals surface area contributed by atoms with E-state index in [4.69, 9.17) is 9.47 Å². The topological polar surface area (TPSA) is 72.5 Å². The van der Waals surface area contributed by atoms with E-state index in [1.807, 2.05) is 13.0 Å². The molecular weight excluding hydrogens is 337 g/mol. The number of nitrogens with one attached hydrogen (secondary N) is 2. The molecule has 0 radical (unpaired) electrons. The van der Waals surface area contributed by atoms with E-state index in [1.165, 1.54) is 12.1 Å². The van der Waals surface area contributed by atoms with Crippen molar-refractivity contribution in [1.29, 1.82) is 0 Å². The molecule has 2 heterocycles. The van der Waals surface area contributed by atoms with Crippen molar-refractivity contribution < 1.29 is 18.7 Å². The monoisotopic (exact) mass is 359 g/mol. The molecule has 1 unspecified atom stereocenters. The Morgan fingerprint density at radius 2 is 2.19 bits per heavy atom. The third-order valence-corrected chi connectivity index (χ3v) is 4.04. The maximum absolute atomic E-state index is 13.2. The van der Waals surface area contributed by atoms with Crippen molar-refractivity contribution in [1.82, 2.24) is 4.98 Å². The lowest BCUT2D eigenvalue weighted by Gasteiger charge is -2.25. The fourth-order valence-corrected chi connectivity index (χ4v) is 2.72. The number of carbonyl (C=O) groups excluding carboxylic acids is 1. The highest BCUT2D eigenvalue weighted by Gasteiger charge is 2.20. The molecule has 6 nitrogen and oxygen atoms in total. The van der Waals surface area contributed by atoms with Gasteiger partial charge in [0, 0.05) is 19.1 Å². The van der Waals surface area contributed by atoms with Gasteiger partial charge in [-0.15, -0.1) is 0 Å². The van der Waals surface area contributed by atoms with Gasteiger partial charge in [0.1, 0.15) is 18.2 Å². The van der Waals surface area contributed by atoms with Crippen LogP contribution in [0.5, 0.6) is 5.88 Å². The summed E-state index contributed by atoms with van der Waals surface area (Å²) in [7, 11) is 1.55. The molecule has 7 heteroatoms. The summed E-state index contributed by atoms with van der Waals surface area (Å²) >= 11 is 0. The first-order valence-electron chi connectivity index (χ1n) is 8.51. The Bertz CT molecular complexity index is 780. The van der Waals surface area contributed by atoms with Crippen molar-refractivity contribution in [3.05, 3.63) is 47.3 Å². The Kier molecular flexibility index (Phi) is 5.68. The van der Waals surface area contributed by atoms with Crippen LogP contribution in [0.1, 0.15) is 24.5 Å². The van der Waals surface area contributed by atoms with E-state index in [9.17, 15) is 9.18 Å². The first kappa shape index (κ1) is 18.1. The second kappa shape index (κ2) is 8.14. The number of hydrogen-bond acceptors (Lipinski definition) is 5. The van der Waals surface area contributed by atoms with Crippen LogP contribution in [-0.4, -0.2) is 37.3 Å². The van der Waals surface area contributed by atoms with Crippen LogP contribution in [-0.2, 0) is 16.0 Å². The SMILES string of the molecule is COCCC(=O)Nc1nc2c(cc1Cc1ccc(F)cc1)NC(C)CO2. The molecule has 0 bridgehead atoms. The molecule has 2 aromatic rings. The Balaban J connectivity index is 1.89. The number of nitrogens with zero attached hydrogens (tertiary/aromatic N) is 1. The number of rotatable bonds is 6. The van der Waals surface area contributed by atoms with E-state index >= 15 is 0 Å². The zero-order valence-corrected chi connectivity index (χ0v) is 14.8. The molecule has 1 atom stereocenters. The predicted octanol–water partition coefficient (Wildman–Crippen LogP) is 2.98. The lowest BCUT2D eigenvalue weighted by atomic mass is 10.0. The van der Waals surface area contributed by atoms with Crippen molar-refractivity contribution in [2.45, 2.75) is 25.8 Å². The quantitative estimate of drug-likeness (QED) is 0.830. The van der Waals surface area contributed by atoms with Crippen molar-refractivity contribution >= 4 is 17.4 Å². The number of halogens is 1. The van der Waals surface area contributed by atoms with Gasteiger partial charge in [-0.25, -0.2) is 4.39 Å². The Labute approximate surface area is 151 Å². The molecule has 2 N–H and O–H groups in total. The minimum atomic E-state index is -0.283. The zero-order chi connectivity index (χ0) is 18.5. The maximum atomic E-state index is 13.2. The summed E-state index contributed by atoms with van der Waals surface area (Å²) in [5, 5.41) is 6.16. The molecule has 0 aliphatic carbocycles. The lowest BCUT2D eigenvalue weighted by molar-refractivity contribution is -0.117. The molecule has 1 aromatic heterocycles. The van der Waals surface area contributed by atoms with Gasteiger partial charge in [-0.1, -0.05) is 12.1 Å². The molecule has 1 amide bonds. The summed E-state index contributed by atoms with van der Waals surface area (Å²) in [4.78, 5) is 16.6. The summed E-state index contributed by atoms with van der Waals surface area (Å²) in [6, 6.07) is 8.37. The van der Waals surface area contributed by atoms with Crippen LogP contribution in [0.15, 0.2) is 30.3 Å². The lowest BCUT2D eigenvalue weighted by Crippen LogP contribution is -2.29. The zero-order valence-electron chi connectivity index (χ0n) is 14.8. The van der Waals surface area contributed by atoms with Crippen molar-refractivity contribution in [3.8, 4) is 5.88 Å². The number of aromatic nitrogens is 1. The van der Waals surface area contributed by atoms with E-state index in [1.54, 1.807) is 19.2 Å². The van der Waals surface area contributed by atoms with Gasteiger partial charge in [0.05, 0.1) is 24.8 Å². The number of anilines is 2.